The normalized spacial score (nSPS) is 11.1. The van der Waals surface area contributed by atoms with E-state index in [0.717, 1.165) is 43.7 Å². The van der Waals surface area contributed by atoms with E-state index in [-0.39, 0.29) is 0 Å². The van der Waals surface area contributed by atoms with Crippen molar-refractivity contribution >= 4 is 0 Å². The highest BCUT2D eigenvalue weighted by molar-refractivity contribution is 5.37. The monoisotopic (exact) mass is 371 g/mol. The summed E-state index contributed by atoms with van der Waals surface area (Å²) in [5.41, 5.74) is 4.50. The fourth-order valence-electron chi connectivity index (χ4n) is 3.42. The standard InChI is InChI=1S/C25H29N3/c1-21(2)14-16-27(19-24-12-7-6-11-23(24)17-26)20-25-13-8-15-28(25)18-22-9-4-3-5-10-22/h3-13,15,21H,14,16,18-20H2,1-2H3. The molecule has 144 valence electrons. The van der Waals surface area contributed by atoms with Crippen LogP contribution in [0.5, 0.6) is 0 Å². The zero-order valence-electron chi connectivity index (χ0n) is 16.9. The Morgan fingerprint density at radius 2 is 1.68 bits per heavy atom. The van der Waals surface area contributed by atoms with Crippen LogP contribution in [0.4, 0.5) is 0 Å². The number of nitrogens with zero attached hydrogens (tertiary/aromatic N) is 3. The molecular formula is C25H29N3. The van der Waals surface area contributed by atoms with E-state index in [0.29, 0.717) is 5.92 Å². The molecule has 3 rings (SSSR count). The molecule has 0 aliphatic heterocycles. The third kappa shape index (κ3) is 5.58. The second-order valence-corrected chi connectivity index (χ2v) is 7.78. The van der Waals surface area contributed by atoms with Crippen molar-refractivity contribution in [1.82, 2.24) is 9.47 Å². The summed E-state index contributed by atoms with van der Waals surface area (Å²) in [7, 11) is 0. The molecule has 0 aliphatic rings. The predicted octanol–water partition coefficient (Wildman–Crippen LogP) is 5.46. The third-order valence-corrected chi connectivity index (χ3v) is 5.06. The van der Waals surface area contributed by atoms with Crippen LogP contribution in [0.3, 0.4) is 0 Å². The fraction of sp³-hybridized carbons (Fsp3) is 0.320. The Morgan fingerprint density at radius 1 is 0.929 bits per heavy atom. The Kier molecular flexibility index (Phi) is 7.06. The maximum Gasteiger partial charge on any atom is 0.0995 e. The lowest BCUT2D eigenvalue weighted by atomic mass is 10.1. The van der Waals surface area contributed by atoms with Gasteiger partial charge >= 0.3 is 0 Å². The number of hydrogen-bond acceptors (Lipinski definition) is 2. The van der Waals surface area contributed by atoms with E-state index in [1.165, 1.54) is 11.3 Å². The molecule has 0 amide bonds. The van der Waals surface area contributed by atoms with Crippen LogP contribution in [0.15, 0.2) is 72.9 Å². The average Bonchev–Trinajstić information content (AvgIpc) is 3.14. The zero-order chi connectivity index (χ0) is 19.8. The second kappa shape index (κ2) is 9.92. The van der Waals surface area contributed by atoms with E-state index in [1.807, 2.05) is 18.2 Å². The van der Waals surface area contributed by atoms with Crippen LogP contribution < -0.4 is 0 Å². The summed E-state index contributed by atoms with van der Waals surface area (Å²) in [6, 6.07) is 25.2. The van der Waals surface area contributed by atoms with Gasteiger partial charge in [0.1, 0.15) is 0 Å². The predicted molar refractivity (Wildman–Crippen MR) is 115 cm³/mol. The van der Waals surface area contributed by atoms with Crippen molar-refractivity contribution in [2.75, 3.05) is 6.54 Å². The molecule has 1 heterocycles. The average molecular weight is 372 g/mol. The second-order valence-electron chi connectivity index (χ2n) is 7.78. The summed E-state index contributed by atoms with van der Waals surface area (Å²) in [5, 5.41) is 9.44. The maximum absolute atomic E-state index is 9.44. The van der Waals surface area contributed by atoms with Crippen molar-refractivity contribution in [1.29, 1.82) is 5.26 Å². The molecule has 0 bridgehead atoms. The van der Waals surface area contributed by atoms with Gasteiger partial charge in [-0.2, -0.15) is 5.26 Å². The molecule has 0 saturated heterocycles. The first kappa shape index (κ1) is 19.9. The molecule has 3 heteroatoms. The molecule has 0 aliphatic carbocycles. The summed E-state index contributed by atoms with van der Waals surface area (Å²) in [5.74, 6) is 0.657. The number of hydrogen-bond donors (Lipinski definition) is 0. The molecule has 28 heavy (non-hydrogen) atoms. The minimum absolute atomic E-state index is 0.657. The Labute approximate surface area is 168 Å². The van der Waals surface area contributed by atoms with Crippen LogP contribution in [0.25, 0.3) is 0 Å². The molecule has 0 radical (unpaired) electrons. The van der Waals surface area contributed by atoms with E-state index in [4.69, 9.17) is 0 Å². The minimum atomic E-state index is 0.657. The summed E-state index contributed by atoms with van der Waals surface area (Å²) in [6.45, 7) is 8.11. The maximum atomic E-state index is 9.44. The van der Waals surface area contributed by atoms with Gasteiger partial charge in [0.15, 0.2) is 0 Å². The highest BCUT2D eigenvalue weighted by Gasteiger charge is 2.13. The van der Waals surface area contributed by atoms with Crippen molar-refractivity contribution < 1.29 is 0 Å². The van der Waals surface area contributed by atoms with Gasteiger partial charge in [-0.1, -0.05) is 62.4 Å². The quantitative estimate of drug-likeness (QED) is 0.500. The molecule has 2 aromatic carbocycles. The first-order valence-corrected chi connectivity index (χ1v) is 10.0. The van der Waals surface area contributed by atoms with Gasteiger partial charge in [0.05, 0.1) is 11.6 Å². The lowest BCUT2D eigenvalue weighted by molar-refractivity contribution is 0.235. The Balaban J connectivity index is 1.76. The minimum Gasteiger partial charge on any atom is -0.346 e. The van der Waals surface area contributed by atoms with Crippen molar-refractivity contribution in [3.8, 4) is 6.07 Å². The van der Waals surface area contributed by atoms with Gasteiger partial charge in [-0.05, 0) is 48.2 Å². The summed E-state index contributed by atoms with van der Waals surface area (Å²) in [6.07, 6.45) is 3.31. The summed E-state index contributed by atoms with van der Waals surface area (Å²) < 4.78 is 2.33. The van der Waals surface area contributed by atoms with Crippen LogP contribution in [-0.4, -0.2) is 16.0 Å². The van der Waals surface area contributed by atoms with Gasteiger partial charge in [0.25, 0.3) is 0 Å². The van der Waals surface area contributed by atoms with Gasteiger partial charge in [-0.15, -0.1) is 0 Å². The number of nitriles is 1. The van der Waals surface area contributed by atoms with E-state index in [1.54, 1.807) is 0 Å². The summed E-state index contributed by atoms with van der Waals surface area (Å²) in [4.78, 5) is 2.47. The number of rotatable bonds is 9. The Bertz CT molecular complexity index is 903. The molecule has 0 N–H and O–H groups in total. The lowest BCUT2D eigenvalue weighted by Crippen LogP contribution is -2.26. The molecule has 1 aromatic heterocycles. The summed E-state index contributed by atoms with van der Waals surface area (Å²) >= 11 is 0. The highest BCUT2D eigenvalue weighted by atomic mass is 15.1. The molecular weight excluding hydrogens is 342 g/mol. The highest BCUT2D eigenvalue weighted by Crippen LogP contribution is 2.17. The van der Waals surface area contributed by atoms with E-state index >= 15 is 0 Å². The smallest absolute Gasteiger partial charge is 0.0995 e. The molecule has 3 aromatic rings. The molecule has 0 fully saturated rings. The number of aromatic nitrogens is 1. The molecule has 0 saturated carbocycles. The van der Waals surface area contributed by atoms with Crippen molar-refractivity contribution in [3.05, 3.63) is 95.3 Å². The molecule has 3 nitrogen and oxygen atoms in total. The van der Waals surface area contributed by atoms with Crippen LogP contribution in [0, 0.1) is 17.2 Å². The van der Waals surface area contributed by atoms with Crippen molar-refractivity contribution in [2.45, 2.75) is 39.9 Å². The van der Waals surface area contributed by atoms with E-state index in [2.05, 4.69) is 84.1 Å². The van der Waals surface area contributed by atoms with Gasteiger partial charge in [-0.25, -0.2) is 0 Å². The van der Waals surface area contributed by atoms with Gasteiger partial charge in [0.2, 0.25) is 0 Å². The van der Waals surface area contributed by atoms with Gasteiger partial charge in [-0.3, -0.25) is 4.90 Å². The van der Waals surface area contributed by atoms with Crippen LogP contribution in [-0.2, 0) is 19.6 Å². The Morgan fingerprint density at radius 3 is 2.43 bits per heavy atom. The largest absolute Gasteiger partial charge is 0.346 e. The van der Waals surface area contributed by atoms with Crippen molar-refractivity contribution in [2.24, 2.45) is 5.92 Å². The van der Waals surface area contributed by atoms with Crippen LogP contribution in [0.2, 0.25) is 0 Å². The SMILES string of the molecule is CC(C)CCN(Cc1ccccc1C#N)Cc1cccn1Cc1ccccc1. The third-order valence-electron chi connectivity index (χ3n) is 5.06. The molecule has 0 unspecified atom stereocenters. The first-order chi connectivity index (χ1) is 13.7. The Hall–Kier alpha value is -2.83. The first-order valence-electron chi connectivity index (χ1n) is 10.0. The zero-order valence-corrected chi connectivity index (χ0v) is 16.9. The molecule has 0 atom stereocenters. The van der Waals surface area contributed by atoms with Crippen LogP contribution >= 0.6 is 0 Å². The lowest BCUT2D eigenvalue weighted by Gasteiger charge is -2.24. The fourth-order valence-corrected chi connectivity index (χ4v) is 3.42. The van der Waals surface area contributed by atoms with Gasteiger partial charge < -0.3 is 4.57 Å². The van der Waals surface area contributed by atoms with E-state index in [9.17, 15) is 5.26 Å². The topological polar surface area (TPSA) is 32.0 Å². The van der Waals surface area contributed by atoms with Gasteiger partial charge in [0, 0.05) is 31.5 Å². The number of benzene rings is 2. The van der Waals surface area contributed by atoms with Crippen LogP contribution in [0.1, 0.15) is 42.7 Å². The molecule has 0 spiro atoms. The van der Waals surface area contributed by atoms with Crippen molar-refractivity contribution in [3.63, 3.8) is 0 Å². The van der Waals surface area contributed by atoms with E-state index < -0.39 is 0 Å².